The normalized spacial score (nSPS) is 10.8. The van der Waals surface area contributed by atoms with Crippen molar-refractivity contribution in [2.75, 3.05) is 5.73 Å². The second kappa shape index (κ2) is 6.53. The SMILES string of the molecule is CC(=O)NCc1ccc(COc2nc(N)nc3c2ncn3C)cc1. The highest BCUT2D eigenvalue weighted by Crippen LogP contribution is 2.22. The van der Waals surface area contributed by atoms with Crippen LogP contribution in [0.4, 0.5) is 5.95 Å². The fraction of sp³-hybridized carbons (Fsp3) is 0.250. The van der Waals surface area contributed by atoms with Gasteiger partial charge in [0.2, 0.25) is 17.7 Å². The Kier molecular flexibility index (Phi) is 4.28. The standard InChI is InChI=1S/C16H18N6O2/c1-10(23)18-7-11-3-5-12(6-4-11)8-24-15-13-14(20-16(17)21-15)22(2)9-19-13/h3-6,9H,7-8H2,1-2H3,(H,18,23)(H2,17,20,21). The smallest absolute Gasteiger partial charge is 0.247 e. The molecule has 8 heteroatoms. The molecule has 1 aromatic carbocycles. The number of hydrogen-bond acceptors (Lipinski definition) is 6. The second-order valence-electron chi connectivity index (χ2n) is 5.43. The van der Waals surface area contributed by atoms with Crippen LogP contribution in [0.2, 0.25) is 0 Å². The third-order valence-electron chi connectivity index (χ3n) is 3.49. The van der Waals surface area contributed by atoms with Gasteiger partial charge < -0.3 is 20.4 Å². The van der Waals surface area contributed by atoms with Gasteiger partial charge in [-0.1, -0.05) is 24.3 Å². The number of imidazole rings is 1. The fourth-order valence-corrected chi connectivity index (χ4v) is 2.23. The summed E-state index contributed by atoms with van der Waals surface area (Å²) in [5.74, 6) is 0.454. The van der Waals surface area contributed by atoms with Gasteiger partial charge >= 0.3 is 0 Å². The Morgan fingerprint density at radius 3 is 2.67 bits per heavy atom. The lowest BCUT2D eigenvalue weighted by Gasteiger charge is -2.08. The third-order valence-corrected chi connectivity index (χ3v) is 3.49. The van der Waals surface area contributed by atoms with E-state index in [1.807, 2.05) is 31.3 Å². The molecule has 124 valence electrons. The second-order valence-corrected chi connectivity index (χ2v) is 5.43. The highest BCUT2D eigenvalue weighted by atomic mass is 16.5. The molecule has 0 unspecified atom stereocenters. The summed E-state index contributed by atoms with van der Waals surface area (Å²) in [6.45, 7) is 2.34. The van der Waals surface area contributed by atoms with Crippen LogP contribution < -0.4 is 15.8 Å². The van der Waals surface area contributed by atoms with E-state index in [0.29, 0.717) is 30.2 Å². The number of aryl methyl sites for hydroxylation is 1. The topological polar surface area (TPSA) is 108 Å². The van der Waals surface area contributed by atoms with E-state index in [1.165, 1.54) is 6.92 Å². The zero-order chi connectivity index (χ0) is 17.1. The molecular formula is C16H18N6O2. The van der Waals surface area contributed by atoms with Crippen molar-refractivity contribution in [2.45, 2.75) is 20.1 Å². The lowest BCUT2D eigenvalue weighted by molar-refractivity contribution is -0.119. The quantitative estimate of drug-likeness (QED) is 0.728. The van der Waals surface area contributed by atoms with Gasteiger partial charge in [0.15, 0.2) is 11.2 Å². The summed E-state index contributed by atoms with van der Waals surface area (Å²) in [5, 5.41) is 2.76. The summed E-state index contributed by atoms with van der Waals surface area (Å²) in [6, 6.07) is 7.77. The number of ether oxygens (including phenoxy) is 1. The van der Waals surface area contributed by atoms with Crippen molar-refractivity contribution < 1.29 is 9.53 Å². The minimum Gasteiger partial charge on any atom is -0.471 e. The van der Waals surface area contributed by atoms with Crippen LogP contribution in [0.5, 0.6) is 5.88 Å². The number of amides is 1. The van der Waals surface area contributed by atoms with E-state index in [2.05, 4.69) is 20.3 Å². The van der Waals surface area contributed by atoms with Crippen molar-refractivity contribution in [2.24, 2.45) is 7.05 Å². The lowest BCUT2D eigenvalue weighted by atomic mass is 10.1. The van der Waals surface area contributed by atoms with Crippen molar-refractivity contribution in [3.63, 3.8) is 0 Å². The van der Waals surface area contributed by atoms with Gasteiger partial charge in [0.25, 0.3) is 0 Å². The summed E-state index contributed by atoms with van der Waals surface area (Å²) in [7, 11) is 1.83. The number of nitrogens with zero attached hydrogens (tertiary/aromatic N) is 4. The van der Waals surface area contributed by atoms with Crippen LogP contribution in [0.3, 0.4) is 0 Å². The molecule has 0 fully saturated rings. The van der Waals surface area contributed by atoms with E-state index < -0.39 is 0 Å². The van der Waals surface area contributed by atoms with Gasteiger partial charge in [-0.2, -0.15) is 9.97 Å². The molecule has 3 aromatic rings. The molecule has 0 aliphatic rings. The number of benzene rings is 1. The van der Waals surface area contributed by atoms with E-state index in [1.54, 1.807) is 10.9 Å². The average molecular weight is 326 g/mol. The van der Waals surface area contributed by atoms with Crippen LogP contribution in [-0.4, -0.2) is 25.4 Å². The Morgan fingerprint density at radius 2 is 1.96 bits per heavy atom. The number of carbonyl (C=O) groups is 1. The summed E-state index contributed by atoms with van der Waals surface area (Å²) in [5.41, 5.74) is 8.92. The highest BCUT2D eigenvalue weighted by Gasteiger charge is 2.12. The number of hydrogen-bond donors (Lipinski definition) is 2. The zero-order valence-corrected chi connectivity index (χ0v) is 13.5. The Bertz CT molecular complexity index is 872. The minimum atomic E-state index is -0.0526. The average Bonchev–Trinajstić information content (AvgIpc) is 2.93. The maximum atomic E-state index is 10.9. The number of nitrogens with one attached hydrogen (secondary N) is 1. The molecule has 0 spiro atoms. The first-order valence-corrected chi connectivity index (χ1v) is 7.42. The number of carbonyl (C=O) groups excluding carboxylic acids is 1. The summed E-state index contributed by atoms with van der Waals surface area (Å²) < 4.78 is 7.52. The Labute approximate surface area is 138 Å². The van der Waals surface area contributed by atoms with Crippen LogP contribution in [0, 0.1) is 0 Å². The number of nitrogen functional groups attached to an aromatic ring is 1. The zero-order valence-electron chi connectivity index (χ0n) is 13.5. The van der Waals surface area contributed by atoms with E-state index >= 15 is 0 Å². The van der Waals surface area contributed by atoms with E-state index in [9.17, 15) is 4.79 Å². The Hall–Kier alpha value is -3.16. The van der Waals surface area contributed by atoms with Crippen molar-refractivity contribution >= 4 is 23.0 Å². The molecule has 8 nitrogen and oxygen atoms in total. The number of nitrogens with two attached hydrogens (primary N) is 1. The predicted molar refractivity (Wildman–Crippen MR) is 89.0 cm³/mol. The van der Waals surface area contributed by atoms with Gasteiger partial charge in [-0.05, 0) is 11.1 Å². The van der Waals surface area contributed by atoms with Crippen molar-refractivity contribution in [1.82, 2.24) is 24.8 Å². The fourth-order valence-electron chi connectivity index (χ4n) is 2.23. The number of anilines is 1. The van der Waals surface area contributed by atoms with Crippen molar-refractivity contribution in [3.05, 3.63) is 41.7 Å². The number of fused-ring (bicyclic) bond motifs is 1. The molecular weight excluding hydrogens is 308 g/mol. The largest absolute Gasteiger partial charge is 0.471 e. The molecule has 3 N–H and O–H groups in total. The predicted octanol–water partition coefficient (Wildman–Crippen LogP) is 1.16. The first-order chi connectivity index (χ1) is 11.5. The molecule has 0 aliphatic carbocycles. The molecule has 0 radical (unpaired) electrons. The van der Waals surface area contributed by atoms with Gasteiger partial charge in [-0.3, -0.25) is 4.79 Å². The lowest BCUT2D eigenvalue weighted by Crippen LogP contribution is -2.18. The van der Waals surface area contributed by atoms with Crippen LogP contribution >= 0.6 is 0 Å². The third kappa shape index (κ3) is 3.43. The van der Waals surface area contributed by atoms with Crippen molar-refractivity contribution in [1.29, 1.82) is 0 Å². The van der Waals surface area contributed by atoms with E-state index in [0.717, 1.165) is 11.1 Å². The molecule has 1 amide bonds. The maximum absolute atomic E-state index is 10.9. The van der Waals surface area contributed by atoms with Crippen LogP contribution in [0.15, 0.2) is 30.6 Å². The first kappa shape index (κ1) is 15.7. The summed E-state index contributed by atoms with van der Waals surface area (Å²) >= 11 is 0. The number of aromatic nitrogens is 4. The molecule has 2 heterocycles. The molecule has 0 aliphatic heterocycles. The van der Waals surface area contributed by atoms with Crippen LogP contribution in [-0.2, 0) is 25.0 Å². The molecule has 3 rings (SSSR count). The van der Waals surface area contributed by atoms with Gasteiger partial charge in [-0.15, -0.1) is 0 Å². The van der Waals surface area contributed by atoms with Gasteiger partial charge in [0.1, 0.15) is 6.61 Å². The maximum Gasteiger partial charge on any atom is 0.247 e. The van der Waals surface area contributed by atoms with Crippen molar-refractivity contribution in [3.8, 4) is 5.88 Å². The molecule has 0 saturated heterocycles. The van der Waals surface area contributed by atoms with Crippen LogP contribution in [0.25, 0.3) is 11.2 Å². The molecule has 0 atom stereocenters. The van der Waals surface area contributed by atoms with E-state index in [-0.39, 0.29) is 11.9 Å². The van der Waals surface area contributed by atoms with Gasteiger partial charge in [0, 0.05) is 20.5 Å². The molecule has 0 bridgehead atoms. The van der Waals surface area contributed by atoms with Gasteiger partial charge in [-0.25, -0.2) is 4.98 Å². The Balaban J connectivity index is 1.71. The highest BCUT2D eigenvalue weighted by molar-refractivity contribution is 5.77. The summed E-state index contributed by atoms with van der Waals surface area (Å²) in [4.78, 5) is 23.4. The monoisotopic (exact) mass is 326 g/mol. The molecule has 2 aromatic heterocycles. The molecule has 0 saturated carbocycles. The van der Waals surface area contributed by atoms with Crippen LogP contribution in [0.1, 0.15) is 18.1 Å². The minimum absolute atomic E-state index is 0.0526. The first-order valence-electron chi connectivity index (χ1n) is 7.42. The summed E-state index contributed by atoms with van der Waals surface area (Å²) in [6.07, 6.45) is 1.64. The number of rotatable bonds is 5. The van der Waals surface area contributed by atoms with Gasteiger partial charge in [0.05, 0.1) is 6.33 Å². The van der Waals surface area contributed by atoms with E-state index in [4.69, 9.17) is 10.5 Å². The Morgan fingerprint density at radius 1 is 1.25 bits per heavy atom. The molecule has 24 heavy (non-hydrogen) atoms.